The van der Waals surface area contributed by atoms with Crippen LogP contribution in [0.3, 0.4) is 0 Å². The van der Waals surface area contributed by atoms with Crippen molar-refractivity contribution in [2.45, 2.75) is 6.42 Å². The monoisotopic (exact) mass is 518 g/mol. The van der Waals surface area contributed by atoms with E-state index in [-0.39, 0.29) is 0 Å². The summed E-state index contributed by atoms with van der Waals surface area (Å²) in [5.74, 6) is 0. The van der Waals surface area contributed by atoms with Crippen molar-refractivity contribution in [3.05, 3.63) is 173 Å². The summed E-state index contributed by atoms with van der Waals surface area (Å²) in [6.07, 6.45) is 16.5. The summed E-state index contributed by atoms with van der Waals surface area (Å²) in [6.45, 7) is 0. The standard InChI is InChI=1S/C41H26/c1-2-10-26(9-1)33-16-8-18-37(33)41-38(20-19-36-34-15-6-5-13-30(34)24-40(36)41)35-17-7-14-29-23-31-21-27-11-3-4-12-28(27)22-32(31)25-39(29)35/h1-23,25H,24H2. The van der Waals surface area contributed by atoms with Gasteiger partial charge in [-0.1, -0.05) is 121 Å². The van der Waals surface area contributed by atoms with Crippen LogP contribution in [-0.2, 0) is 6.42 Å². The van der Waals surface area contributed by atoms with Crippen LogP contribution in [0.4, 0.5) is 0 Å². The smallest absolute Gasteiger partial charge is 0.000706 e. The van der Waals surface area contributed by atoms with Gasteiger partial charge in [0.05, 0.1) is 0 Å². The highest BCUT2D eigenvalue weighted by molar-refractivity contribution is 6.10. The molecule has 0 aromatic heterocycles. The molecule has 3 aliphatic carbocycles. The minimum atomic E-state index is 0.958. The number of fused-ring (bicyclic) bond motifs is 6. The molecule has 0 nitrogen and oxygen atoms in total. The molecule has 0 bridgehead atoms. The van der Waals surface area contributed by atoms with Gasteiger partial charge in [0.2, 0.25) is 0 Å². The van der Waals surface area contributed by atoms with Crippen molar-refractivity contribution in [1.82, 2.24) is 0 Å². The molecular weight excluding hydrogens is 492 g/mol. The largest absolute Gasteiger partial charge is 0.0619 e. The van der Waals surface area contributed by atoms with Crippen molar-refractivity contribution < 1.29 is 0 Å². The first-order valence-corrected chi connectivity index (χ1v) is 14.4. The van der Waals surface area contributed by atoms with Gasteiger partial charge in [-0.15, -0.1) is 0 Å². The molecule has 190 valence electrons. The zero-order chi connectivity index (χ0) is 26.9. The van der Waals surface area contributed by atoms with Gasteiger partial charge in [0.1, 0.15) is 0 Å². The zero-order valence-corrected chi connectivity index (χ0v) is 22.6. The van der Waals surface area contributed by atoms with Gasteiger partial charge >= 0.3 is 0 Å². The Bertz CT molecular complexity index is 2250. The summed E-state index contributed by atoms with van der Waals surface area (Å²) < 4.78 is 0. The highest BCUT2D eigenvalue weighted by atomic mass is 14.3. The van der Waals surface area contributed by atoms with Crippen molar-refractivity contribution in [3.8, 4) is 22.3 Å². The minimum absolute atomic E-state index is 0.958. The average molecular weight is 519 g/mol. The molecule has 0 saturated carbocycles. The topological polar surface area (TPSA) is 0 Å². The molecule has 3 aliphatic rings. The van der Waals surface area contributed by atoms with E-state index in [2.05, 4.69) is 146 Å². The molecule has 0 unspecified atom stereocenters. The Morgan fingerprint density at radius 3 is 2.00 bits per heavy atom. The highest BCUT2D eigenvalue weighted by Gasteiger charge is 2.27. The molecule has 0 radical (unpaired) electrons. The van der Waals surface area contributed by atoms with Gasteiger partial charge < -0.3 is 0 Å². The van der Waals surface area contributed by atoms with E-state index in [0.29, 0.717) is 0 Å². The van der Waals surface area contributed by atoms with Crippen molar-refractivity contribution in [2.24, 2.45) is 0 Å². The molecule has 0 spiro atoms. The van der Waals surface area contributed by atoms with Crippen LogP contribution in [0.5, 0.6) is 0 Å². The third-order valence-corrected chi connectivity index (χ3v) is 9.04. The lowest BCUT2D eigenvalue weighted by Gasteiger charge is -2.20. The predicted molar refractivity (Wildman–Crippen MR) is 175 cm³/mol. The van der Waals surface area contributed by atoms with Crippen molar-refractivity contribution in [2.75, 3.05) is 0 Å². The fraction of sp³-hybridized carbons (Fsp3) is 0.0244. The fourth-order valence-corrected chi connectivity index (χ4v) is 7.14. The third-order valence-electron chi connectivity index (χ3n) is 9.04. The lowest BCUT2D eigenvalue weighted by atomic mass is 9.83. The second-order valence-corrected chi connectivity index (χ2v) is 11.3. The van der Waals surface area contributed by atoms with Crippen LogP contribution in [0.25, 0.3) is 60.1 Å². The Labute approximate surface area is 239 Å². The van der Waals surface area contributed by atoms with Crippen molar-refractivity contribution in [3.63, 3.8) is 0 Å². The molecule has 0 heterocycles. The van der Waals surface area contributed by atoms with Gasteiger partial charge in [0.25, 0.3) is 0 Å². The predicted octanol–water partition coefficient (Wildman–Crippen LogP) is 10.8. The maximum Gasteiger partial charge on any atom is -0.000706 e. The second kappa shape index (κ2) is 8.65. The first kappa shape index (κ1) is 22.6. The quantitative estimate of drug-likeness (QED) is 0.200. The van der Waals surface area contributed by atoms with E-state index >= 15 is 0 Å². The Kier molecular flexibility index (Phi) is 4.77. The average Bonchev–Trinajstić information content (AvgIpc) is 3.78. The summed E-state index contributed by atoms with van der Waals surface area (Å²) in [5.41, 5.74) is 13.5. The fourth-order valence-electron chi connectivity index (χ4n) is 7.14. The Balaban J connectivity index is 1.33. The van der Waals surface area contributed by atoms with Crippen LogP contribution in [-0.4, -0.2) is 0 Å². The number of hydrogen-bond donors (Lipinski definition) is 0. The van der Waals surface area contributed by atoms with Crippen molar-refractivity contribution in [1.29, 1.82) is 0 Å². The normalized spacial score (nSPS) is 15.0. The molecule has 0 aliphatic heterocycles. The number of allylic oxidation sites excluding steroid dienone is 10. The van der Waals surface area contributed by atoms with Crippen LogP contribution >= 0.6 is 0 Å². The van der Waals surface area contributed by atoms with E-state index in [1.807, 2.05) is 0 Å². The Morgan fingerprint density at radius 2 is 1.15 bits per heavy atom. The molecule has 0 N–H and O–H groups in total. The molecule has 0 amide bonds. The summed E-state index contributed by atoms with van der Waals surface area (Å²) in [5, 5.41) is 7.71. The lowest BCUT2D eigenvalue weighted by molar-refractivity contribution is 1.25. The van der Waals surface area contributed by atoms with Gasteiger partial charge in [-0.05, 0) is 119 Å². The molecule has 9 rings (SSSR count). The molecule has 41 heavy (non-hydrogen) atoms. The van der Waals surface area contributed by atoms with E-state index in [4.69, 9.17) is 0 Å². The lowest BCUT2D eigenvalue weighted by Crippen LogP contribution is -1.99. The van der Waals surface area contributed by atoms with E-state index in [1.165, 1.54) is 88.0 Å². The molecule has 0 saturated heterocycles. The first-order valence-electron chi connectivity index (χ1n) is 14.4. The van der Waals surface area contributed by atoms with E-state index in [9.17, 15) is 0 Å². The van der Waals surface area contributed by atoms with Gasteiger partial charge in [0.15, 0.2) is 0 Å². The molecule has 0 fully saturated rings. The Hall–Kier alpha value is -5.20. The number of hydrogen-bond acceptors (Lipinski definition) is 0. The van der Waals surface area contributed by atoms with Crippen LogP contribution in [0.1, 0.15) is 16.7 Å². The SMILES string of the molecule is C1=CC(=C2C=CC=C2c2c(-c3cccc4cc5cc6ccccc6cc5cc34)ccc3c2Cc2ccccc2-3)C=C1. The van der Waals surface area contributed by atoms with Crippen LogP contribution in [0.15, 0.2) is 157 Å². The summed E-state index contributed by atoms with van der Waals surface area (Å²) in [6, 6.07) is 38.5. The second-order valence-electron chi connectivity index (χ2n) is 11.3. The van der Waals surface area contributed by atoms with E-state index < -0.39 is 0 Å². The highest BCUT2D eigenvalue weighted by Crippen LogP contribution is 2.48. The van der Waals surface area contributed by atoms with Crippen molar-refractivity contribution >= 4 is 37.9 Å². The van der Waals surface area contributed by atoms with E-state index in [1.54, 1.807) is 0 Å². The summed E-state index contributed by atoms with van der Waals surface area (Å²) in [7, 11) is 0. The summed E-state index contributed by atoms with van der Waals surface area (Å²) >= 11 is 0. The maximum atomic E-state index is 2.40. The molecular formula is C41H26. The molecule has 0 atom stereocenters. The molecule has 6 aromatic rings. The van der Waals surface area contributed by atoms with Gasteiger partial charge in [-0.3, -0.25) is 0 Å². The van der Waals surface area contributed by atoms with Crippen LogP contribution < -0.4 is 0 Å². The summed E-state index contributed by atoms with van der Waals surface area (Å²) in [4.78, 5) is 0. The Morgan fingerprint density at radius 1 is 0.463 bits per heavy atom. The third kappa shape index (κ3) is 3.41. The van der Waals surface area contributed by atoms with Crippen LogP contribution in [0.2, 0.25) is 0 Å². The maximum absolute atomic E-state index is 2.40. The first-order chi connectivity index (χ1) is 20.3. The number of benzene rings is 6. The minimum Gasteiger partial charge on any atom is -0.0619 e. The van der Waals surface area contributed by atoms with Crippen LogP contribution in [0, 0.1) is 0 Å². The number of rotatable bonds is 2. The van der Waals surface area contributed by atoms with E-state index in [0.717, 1.165) is 6.42 Å². The molecule has 0 heteroatoms. The molecule has 6 aromatic carbocycles. The van der Waals surface area contributed by atoms with Gasteiger partial charge in [-0.2, -0.15) is 0 Å². The van der Waals surface area contributed by atoms with Gasteiger partial charge in [-0.25, -0.2) is 0 Å². The van der Waals surface area contributed by atoms with Gasteiger partial charge in [0, 0.05) is 0 Å². The zero-order valence-electron chi connectivity index (χ0n) is 22.6.